The zero-order valence-electron chi connectivity index (χ0n) is 12.4. The van der Waals surface area contributed by atoms with Crippen molar-refractivity contribution in [3.8, 4) is 0 Å². The summed E-state index contributed by atoms with van der Waals surface area (Å²) in [7, 11) is 0. The van der Waals surface area contributed by atoms with Gasteiger partial charge in [-0.15, -0.1) is 0 Å². The summed E-state index contributed by atoms with van der Waals surface area (Å²) in [5, 5.41) is 4.23. The van der Waals surface area contributed by atoms with Crippen molar-refractivity contribution in [3.63, 3.8) is 0 Å². The van der Waals surface area contributed by atoms with E-state index in [0.29, 0.717) is 6.04 Å². The summed E-state index contributed by atoms with van der Waals surface area (Å²) in [5.41, 5.74) is 2.39. The first-order chi connectivity index (χ1) is 10.3. The molecule has 2 nitrogen and oxygen atoms in total. The molecular weight excluding hydrogens is 278 g/mol. The normalized spacial score (nSPS) is 15.7. The molecule has 3 rings (SSSR count). The van der Waals surface area contributed by atoms with E-state index >= 15 is 0 Å². The summed E-state index contributed by atoms with van der Waals surface area (Å²) in [6.07, 6.45) is 3.16. The number of amides is 1. The van der Waals surface area contributed by atoms with Crippen LogP contribution in [0.4, 0.5) is 0 Å². The highest BCUT2D eigenvalue weighted by Gasteiger charge is 2.35. The quantitative estimate of drug-likeness (QED) is 0.772. The fraction of sp³-hybridized carbons (Fsp3) is 0.389. The Balaban J connectivity index is 1.79. The van der Waals surface area contributed by atoms with Crippen molar-refractivity contribution in [1.29, 1.82) is 0 Å². The van der Waals surface area contributed by atoms with E-state index in [4.69, 9.17) is 0 Å². The van der Waals surface area contributed by atoms with Gasteiger partial charge in [-0.1, -0.05) is 37.3 Å². The Morgan fingerprint density at radius 2 is 2.05 bits per heavy atom. The first kappa shape index (κ1) is 14.3. The molecule has 1 aliphatic rings. The summed E-state index contributed by atoms with van der Waals surface area (Å²) in [6, 6.07) is 12.8. The number of carbonyl (C=O) groups is 1. The lowest BCUT2D eigenvalue weighted by Gasteiger charge is -2.27. The van der Waals surface area contributed by atoms with Crippen LogP contribution in [0.5, 0.6) is 0 Å². The van der Waals surface area contributed by atoms with E-state index in [1.54, 1.807) is 11.3 Å². The number of thiophene rings is 1. The van der Waals surface area contributed by atoms with Crippen LogP contribution in [0.3, 0.4) is 0 Å². The molecule has 1 aromatic heterocycles. The average Bonchev–Trinajstić information content (AvgIpc) is 3.23. The van der Waals surface area contributed by atoms with Crippen LogP contribution in [0.15, 0.2) is 47.2 Å². The summed E-state index contributed by atoms with van der Waals surface area (Å²) in [5.74, 6) is 0.280. The van der Waals surface area contributed by atoms with Crippen LogP contribution in [0.1, 0.15) is 43.2 Å². The van der Waals surface area contributed by atoms with Crippen molar-refractivity contribution in [2.24, 2.45) is 0 Å². The van der Waals surface area contributed by atoms with Crippen molar-refractivity contribution < 1.29 is 4.79 Å². The summed E-state index contributed by atoms with van der Waals surface area (Å²) >= 11 is 1.70. The molecule has 21 heavy (non-hydrogen) atoms. The third kappa shape index (κ3) is 3.35. The largest absolute Gasteiger partial charge is 0.335 e. The van der Waals surface area contributed by atoms with Crippen molar-refractivity contribution in [3.05, 3.63) is 58.3 Å². The Bertz CT molecular complexity index is 575. The summed E-state index contributed by atoms with van der Waals surface area (Å²) < 4.78 is 0. The van der Waals surface area contributed by atoms with Gasteiger partial charge < -0.3 is 4.90 Å². The highest BCUT2D eigenvalue weighted by molar-refractivity contribution is 7.07. The monoisotopic (exact) mass is 299 g/mol. The molecule has 0 bridgehead atoms. The van der Waals surface area contributed by atoms with E-state index in [-0.39, 0.29) is 11.8 Å². The smallest absolute Gasteiger partial charge is 0.230 e. The van der Waals surface area contributed by atoms with Crippen molar-refractivity contribution in [1.82, 2.24) is 4.90 Å². The maximum absolute atomic E-state index is 13.0. The molecule has 1 aliphatic carbocycles. The lowest BCUT2D eigenvalue weighted by Crippen LogP contribution is -2.36. The van der Waals surface area contributed by atoms with Crippen LogP contribution in [0.2, 0.25) is 0 Å². The van der Waals surface area contributed by atoms with Crippen LogP contribution in [0, 0.1) is 0 Å². The fourth-order valence-electron chi connectivity index (χ4n) is 2.79. The van der Waals surface area contributed by atoms with Gasteiger partial charge in [0, 0.05) is 12.6 Å². The second-order valence-corrected chi connectivity index (χ2v) is 6.48. The van der Waals surface area contributed by atoms with E-state index in [0.717, 1.165) is 31.4 Å². The van der Waals surface area contributed by atoms with Gasteiger partial charge in [0.1, 0.15) is 0 Å². The molecular formula is C18H21NOS. The van der Waals surface area contributed by atoms with Crippen LogP contribution in [-0.2, 0) is 11.3 Å². The first-order valence-electron chi connectivity index (χ1n) is 7.66. The topological polar surface area (TPSA) is 20.3 Å². The number of benzene rings is 1. The van der Waals surface area contributed by atoms with Crippen LogP contribution < -0.4 is 0 Å². The molecule has 1 heterocycles. The molecule has 1 saturated carbocycles. The van der Waals surface area contributed by atoms with Crippen molar-refractivity contribution >= 4 is 17.2 Å². The van der Waals surface area contributed by atoms with Crippen molar-refractivity contribution in [2.45, 2.75) is 44.7 Å². The van der Waals surface area contributed by atoms with Gasteiger partial charge in [0.25, 0.3) is 0 Å². The zero-order valence-corrected chi connectivity index (χ0v) is 13.2. The van der Waals surface area contributed by atoms with Crippen LogP contribution in [0.25, 0.3) is 0 Å². The van der Waals surface area contributed by atoms with Gasteiger partial charge in [-0.05, 0) is 47.2 Å². The maximum atomic E-state index is 13.0. The Kier molecular flexibility index (Phi) is 4.39. The molecule has 1 fully saturated rings. The average molecular weight is 299 g/mol. The molecule has 1 unspecified atom stereocenters. The van der Waals surface area contributed by atoms with E-state index in [9.17, 15) is 4.79 Å². The lowest BCUT2D eigenvalue weighted by atomic mass is 9.95. The van der Waals surface area contributed by atoms with Gasteiger partial charge in [0.2, 0.25) is 5.91 Å². The van der Waals surface area contributed by atoms with Crippen molar-refractivity contribution in [2.75, 3.05) is 0 Å². The molecule has 1 atom stereocenters. The minimum atomic E-state index is -0.00886. The minimum absolute atomic E-state index is 0.00886. The second-order valence-electron chi connectivity index (χ2n) is 5.70. The Morgan fingerprint density at radius 3 is 2.62 bits per heavy atom. The second kappa shape index (κ2) is 6.44. The minimum Gasteiger partial charge on any atom is -0.335 e. The summed E-state index contributed by atoms with van der Waals surface area (Å²) in [4.78, 5) is 15.1. The number of hydrogen-bond donors (Lipinski definition) is 0. The molecule has 0 N–H and O–H groups in total. The molecule has 0 saturated heterocycles. The van der Waals surface area contributed by atoms with Gasteiger partial charge >= 0.3 is 0 Å². The molecule has 1 aromatic carbocycles. The molecule has 110 valence electrons. The van der Waals surface area contributed by atoms with Gasteiger partial charge in [-0.3, -0.25) is 4.79 Å². The fourth-order valence-corrected chi connectivity index (χ4v) is 3.45. The molecule has 1 amide bonds. The molecule has 0 aliphatic heterocycles. The van der Waals surface area contributed by atoms with Gasteiger partial charge in [-0.25, -0.2) is 0 Å². The van der Waals surface area contributed by atoms with E-state index in [2.05, 4.69) is 40.8 Å². The lowest BCUT2D eigenvalue weighted by molar-refractivity contribution is -0.134. The van der Waals surface area contributed by atoms with Gasteiger partial charge in [-0.2, -0.15) is 11.3 Å². The number of rotatable bonds is 6. The Hall–Kier alpha value is -1.61. The molecule has 3 heteroatoms. The Labute approximate surface area is 130 Å². The molecule has 2 aromatic rings. The molecule has 0 radical (unpaired) electrons. The predicted octanol–water partition coefficient (Wildman–Crippen LogP) is 4.43. The number of carbonyl (C=O) groups excluding carboxylic acids is 1. The van der Waals surface area contributed by atoms with Gasteiger partial charge in [0.05, 0.1) is 5.92 Å². The predicted molar refractivity (Wildman–Crippen MR) is 87.4 cm³/mol. The summed E-state index contributed by atoms with van der Waals surface area (Å²) in [6.45, 7) is 2.86. The SMILES string of the molecule is CCC(C(=O)N(Cc1ccsc1)C1CC1)c1ccccc1. The standard InChI is InChI=1S/C18H21NOS/c1-2-17(15-6-4-3-5-7-15)18(20)19(16-8-9-16)12-14-10-11-21-13-14/h3-7,10-11,13,16-17H,2,8-9,12H2,1H3. The third-order valence-electron chi connectivity index (χ3n) is 4.11. The third-order valence-corrected chi connectivity index (χ3v) is 4.84. The number of nitrogens with zero attached hydrogens (tertiary/aromatic N) is 1. The first-order valence-corrected chi connectivity index (χ1v) is 8.60. The maximum Gasteiger partial charge on any atom is 0.230 e. The van der Waals surface area contributed by atoms with E-state index in [1.165, 1.54) is 5.56 Å². The van der Waals surface area contributed by atoms with Crippen LogP contribution in [-0.4, -0.2) is 16.8 Å². The zero-order chi connectivity index (χ0) is 14.7. The van der Waals surface area contributed by atoms with E-state index in [1.807, 2.05) is 18.2 Å². The van der Waals surface area contributed by atoms with Crippen LogP contribution >= 0.6 is 11.3 Å². The van der Waals surface area contributed by atoms with Gasteiger partial charge in [0.15, 0.2) is 0 Å². The Morgan fingerprint density at radius 1 is 1.29 bits per heavy atom. The molecule has 0 spiro atoms. The van der Waals surface area contributed by atoms with E-state index < -0.39 is 0 Å². The highest BCUT2D eigenvalue weighted by atomic mass is 32.1. The highest BCUT2D eigenvalue weighted by Crippen LogP contribution is 2.33. The number of hydrogen-bond acceptors (Lipinski definition) is 2.